The number of anilines is 2. The molecule has 1 aliphatic rings. The van der Waals surface area contributed by atoms with Crippen LogP contribution in [-0.4, -0.2) is 36.9 Å². The number of hydrogen-bond acceptors (Lipinski definition) is 3. The Kier molecular flexibility index (Phi) is 6.09. The zero-order valence-electron chi connectivity index (χ0n) is 16.5. The van der Waals surface area contributed by atoms with E-state index in [0.717, 1.165) is 37.1 Å². The summed E-state index contributed by atoms with van der Waals surface area (Å²) in [5, 5.41) is 5.56. The molecule has 1 atom stereocenters. The molecule has 1 saturated heterocycles. The minimum absolute atomic E-state index is 0.0306. The first-order chi connectivity index (χ1) is 13.3. The van der Waals surface area contributed by atoms with Crippen LogP contribution in [0.1, 0.15) is 34.3 Å². The molecule has 28 heavy (non-hydrogen) atoms. The number of nitrogens with zero attached hydrogens (tertiary/aromatic N) is 1. The van der Waals surface area contributed by atoms with E-state index >= 15 is 0 Å². The van der Waals surface area contributed by atoms with E-state index in [-0.39, 0.29) is 17.5 Å². The molecule has 0 saturated carbocycles. The Morgan fingerprint density at radius 3 is 2.61 bits per heavy atom. The number of amides is 2. The summed E-state index contributed by atoms with van der Waals surface area (Å²) in [5.41, 5.74) is 2.83. The van der Waals surface area contributed by atoms with Crippen molar-refractivity contribution in [2.24, 2.45) is 5.92 Å². The second-order valence-corrected chi connectivity index (χ2v) is 7.56. The lowest BCUT2D eigenvalue weighted by Crippen LogP contribution is -2.38. The summed E-state index contributed by atoms with van der Waals surface area (Å²) < 4.78 is 13.9. The molecular weight excluding hydrogens is 357 g/mol. The van der Waals surface area contributed by atoms with Gasteiger partial charge in [0, 0.05) is 17.8 Å². The van der Waals surface area contributed by atoms with E-state index in [4.69, 9.17) is 0 Å². The van der Waals surface area contributed by atoms with Crippen molar-refractivity contribution in [1.29, 1.82) is 0 Å². The Labute approximate surface area is 164 Å². The van der Waals surface area contributed by atoms with Crippen LogP contribution in [0.3, 0.4) is 0 Å². The zero-order chi connectivity index (χ0) is 20.3. The number of rotatable bonds is 4. The van der Waals surface area contributed by atoms with Gasteiger partial charge in [0.2, 0.25) is 5.91 Å². The first-order valence-corrected chi connectivity index (χ1v) is 9.51. The topological polar surface area (TPSA) is 61.4 Å². The monoisotopic (exact) mass is 383 g/mol. The van der Waals surface area contributed by atoms with Crippen molar-refractivity contribution in [3.63, 3.8) is 0 Å². The summed E-state index contributed by atoms with van der Waals surface area (Å²) in [6, 6.07) is 9.65. The zero-order valence-corrected chi connectivity index (χ0v) is 16.5. The molecule has 2 N–H and O–H groups in total. The predicted octanol–water partition coefficient (Wildman–Crippen LogP) is 3.98. The van der Waals surface area contributed by atoms with Crippen molar-refractivity contribution < 1.29 is 14.0 Å². The van der Waals surface area contributed by atoms with E-state index in [1.165, 1.54) is 6.07 Å². The van der Waals surface area contributed by atoms with Gasteiger partial charge in [-0.15, -0.1) is 0 Å². The lowest BCUT2D eigenvalue weighted by atomic mass is 9.97. The molecule has 0 aromatic heterocycles. The average Bonchev–Trinajstić information content (AvgIpc) is 2.66. The Balaban J connectivity index is 1.74. The van der Waals surface area contributed by atoms with Crippen LogP contribution < -0.4 is 10.6 Å². The molecule has 2 aromatic rings. The third-order valence-corrected chi connectivity index (χ3v) is 5.12. The van der Waals surface area contributed by atoms with E-state index in [1.54, 1.807) is 30.3 Å². The van der Waals surface area contributed by atoms with Crippen LogP contribution in [-0.2, 0) is 4.79 Å². The van der Waals surface area contributed by atoms with E-state index in [1.807, 2.05) is 20.9 Å². The van der Waals surface area contributed by atoms with Crippen molar-refractivity contribution in [3.8, 4) is 0 Å². The van der Waals surface area contributed by atoms with Crippen LogP contribution in [0.4, 0.5) is 15.8 Å². The number of nitrogens with one attached hydrogen (secondary N) is 2. The van der Waals surface area contributed by atoms with Gasteiger partial charge in [-0.25, -0.2) is 4.39 Å². The minimum atomic E-state index is -0.485. The molecule has 2 amide bonds. The fourth-order valence-electron chi connectivity index (χ4n) is 3.44. The second-order valence-electron chi connectivity index (χ2n) is 7.56. The highest BCUT2D eigenvalue weighted by Gasteiger charge is 2.24. The number of benzene rings is 2. The molecule has 148 valence electrons. The molecule has 0 spiro atoms. The molecule has 0 aliphatic carbocycles. The third kappa shape index (κ3) is 4.75. The number of carbonyl (C=O) groups excluding carboxylic acids is 2. The van der Waals surface area contributed by atoms with Gasteiger partial charge >= 0.3 is 0 Å². The Bertz CT molecular complexity index is 897. The van der Waals surface area contributed by atoms with Gasteiger partial charge in [0.1, 0.15) is 5.82 Å². The van der Waals surface area contributed by atoms with E-state index in [0.29, 0.717) is 11.3 Å². The maximum absolute atomic E-state index is 13.9. The van der Waals surface area contributed by atoms with Gasteiger partial charge in [-0.3, -0.25) is 9.59 Å². The van der Waals surface area contributed by atoms with Crippen LogP contribution in [0.25, 0.3) is 0 Å². The van der Waals surface area contributed by atoms with Gasteiger partial charge in [-0.05, 0) is 75.7 Å². The number of hydrogen-bond donors (Lipinski definition) is 2. The molecule has 1 aliphatic heterocycles. The first kappa shape index (κ1) is 20.0. The SMILES string of the molecule is Cc1ccc(F)c(NC(=O)c2ccc(C)c(NC(=O)C3CCCN(C)C3)c2)c1. The summed E-state index contributed by atoms with van der Waals surface area (Å²) in [6.07, 6.45) is 1.86. The lowest BCUT2D eigenvalue weighted by Gasteiger charge is -2.28. The normalized spacial score (nSPS) is 17.2. The molecule has 3 rings (SSSR count). The summed E-state index contributed by atoms with van der Waals surface area (Å²) >= 11 is 0. The van der Waals surface area contributed by atoms with Gasteiger partial charge in [0.25, 0.3) is 5.91 Å². The predicted molar refractivity (Wildman–Crippen MR) is 109 cm³/mol. The average molecular weight is 383 g/mol. The van der Waals surface area contributed by atoms with Gasteiger partial charge in [-0.1, -0.05) is 12.1 Å². The van der Waals surface area contributed by atoms with Gasteiger partial charge in [0.05, 0.1) is 11.6 Å². The highest BCUT2D eigenvalue weighted by molar-refractivity contribution is 6.05. The van der Waals surface area contributed by atoms with E-state index in [2.05, 4.69) is 15.5 Å². The highest BCUT2D eigenvalue weighted by Crippen LogP contribution is 2.22. The smallest absolute Gasteiger partial charge is 0.255 e. The molecule has 1 heterocycles. The largest absolute Gasteiger partial charge is 0.326 e. The standard InChI is InChI=1S/C22H26FN3O2/c1-14-6-9-18(23)20(11-14)25-21(27)16-8-7-15(2)19(12-16)24-22(28)17-5-4-10-26(3)13-17/h6-9,11-12,17H,4-5,10,13H2,1-3H3,(H,24,28)(H,25,27). The lowest BCUT2D eigenvalue weighted by molar-refractivity contribution is -0.121. The van der Waals surface area contributed by atoms with Crippen molar-refractivity contribution >= 4 is 23.2 Å². The Morgan fingerprint density at radius 2 is 1.86 bits per heavy atom. The van der Waals surface area contributed by atoms with Crippen LogP contribution in [0.5, 0.6) is 0 Å². The molecule has 1 unspecified atom stereocenters. The highest BCUT2D eigenvalue weighted by atomic mass is 19.1. The van der Waals surface area contributed by atoms with Crippen LogP contribution >= 0.6 is 0 Å². The molecule has 0 bridgehead atoms. The van der Waals surface area contributed by atoms with Crippen LogP contribution in [0.15, 0.2) is 36.4 Å². The quantitative estimate of drug-likeness (QED) is 0.840. The fourth-order valence-corrected chi connectivity index (χ4v) is 3.44. The molecule has 0 radical (unpaired) electrons. The van der Waals surface area contributed by atoms with Gasteiger partial charge < -0.3 is 15.5 Å². The number of aryl methyl sites for hydroxylation is 2. The summed E-state index contributed by atoms with van der Waals surface area (Å²) in [5.74, 6) is -0.993. The van der Waals surface area contributed by atoms with Gasteiger partial charge in [0.15, 0.2) is 0 Å². The summed E-state index contributed by atoms with van der Waals surface area (Å²) in [4.78, 5) is 27.4. The first-order valence-electron chi connectivity index (χ1n) is 9.51. The molecule has 2 aromatic carbocycles. The number of carbonyl (C=O) groups is 2. The maximum Gasteiger partial charge on any atom is 0.255 e. The Morgan fingerprint density at radius 1 is 1.07 bits per heavy atom. The number of likely N-dealkylation sites (tertiary alicyclic amines) is 1. The maximum atomic E-state index is 13.9. The third-order valence-electron chi connectivity index (χ3n) is 5.12. The summed E-state index contributed by atoms with van der Waals surface area (Å²) in [6.45, 7) is 5.45. The van der Waals surface area contributed by atoms with Crippen molar-refractivity contribution in [2.75, 3.05) is 30.8 Å². The number of piperidine rings is 1. The molecule has 6 heteroatoms. The van der Waals surface area contributed by atoms with E-state index < -0.39 is 11.7 Å². The van der Waals surface area contributed by atoms with Crippen LogP contribution in [0.2, 0.25) is 0 Å². The van der Waals surface area contributed by atoms with Crippen molar-refractivity contribution in [2.45, 2.75) is 26.7 Å². The fraction of sp³-hybridized carbons (Fsp3) is 0.364. The minimum Gasteiger partial charge on any atom is -0.326 e. The molecular formula is C22H26FN3O2. The number of halogens is 1. The second kappa shape index (κ2) is 8.52. The van der Waals surface area contributed by atoms with Gasteiger partial charge in [-0.2, -0.15) is 0 Å². The van der Waals surface area contributed by atoms with E-state index in [9.17, 15) is 14.0 Å². The summed E-state index contributed by atoms with van der Waals surface area (Å²) in [7, 11) is 2.01. The molecule has 1 fully saturated rings. The van der Waals surface area contributed by atoms with Crippen LogP contribution in [0, 0.1) is 25.6 Å². The van der Waals surface area contributed by atoms with Crippen molar-refractivity contribution in [1.82, 2.24) is 4.90 Å². The Hall–Kier alpha value is -2.73. The van der Waals surface area contributed by atoms with Crippen molar-refractivity contribution in [3.05, 3.63) is 58.9 Å². The molecule has 5 nitrogen and oxygen atoms in total.